The Hall–Kier alpha value is -0.120. The largest absolute Gasteiger partial charge is 0.395 e. The van der Waals surface area contributed by atoms with Crippen molar-refractivity contribution in [1.82, 2.24) is 5.32 Å². The summed E-state index contributed by atoms with van der Waals surface area (Å²) in [7, 11) is 0. The first-order valence-corrected chi connectivity index (χ1v) is 4.99. The van der Waals surface area contributed by atoms with Gasteiger partial charge >= 0.3 is 0 Å². The van der Waals surface area contributed by atoms with Gasteiger partial charge in [-0.05, 0) is 5.92 Å². The third-order valence-electron chi connectivity index (χ3n) is 2.69. The van der Waals surface area contributed by atoms with Crippen LogP contribution in [-0.4, -0.2) is 37.5 Å². The first-order valence-electron chi connectivity index (χ1n) is 4.99. The Kier molecular flexibility index (Phi) is 3.71. The molecule has 0 aromatic rings. The van der Waals surface area contributed by atoms with E-state index in [1.807, 2.05) is 0 Å². The van der Waals surface area contributed by atoms with Gasteiger partial charge in [-0.25, -0.2) is 0 Å². The Bertz CT molecular complexity index is 155. The van der Waals surface area contributed by atoms with Gasteiger partial charge < -0.3 is 15.2 Å². The molecule has 1 heterocycles. The quantitative estimate of drug-likeness (QED) is 0.663. The van der Waals surface area contributed by atoms with Gasteiger partial charge in [0.05, 0.1) is 19.8 Å². The summed E-state index contributed by atoms with van der Waals surface area (Å²) in [6, 6.07) is 0.220. The number of aliphatic hydroxyl groups is 1. The van der Waals surface area contributed by atoms with Crippen LogP contribution in [0.4, 0.5) is 0 Å². The summed E-state index contributed by atoms with van der Waals surface area (Å²) in [5, 5.41) is 12.5. The molecular formula is C10H21NO2. The topological polar surface area (TPSA) is 41.5 Å². The van der Waals surface area contributed by atoms with Crippen LogP contribution in [0.1, 0.15) is 20.8 Å². The fourth-order valence-corrected chi connectivity index (χ4v) is 1.44. The van der Waals surface area contributed by atoms with Gasteiger partial charge in [-0.3, -0.25) is 0 Å². The molecule has 1 saturated heterocycles. The van der Waals surface area contributed by atoms with E-state index in [0.29, 0.717) is 11.3 Å². The second kappa shape index (κ2) is 4.40. The SMILES string of the molecule is CC(C)[C@@H](CO)NCC1(C)COC1. The zero-order valence-corrected chi connectivity index (χ0v) is 8.84. The maximum absolute atomic E-state index is 9.09. The van der Waals surface area contributed by atoms with Crippen LogP contribution in [0.25, 0.3) is 0 Å². The molecule has 1 rings (SSSR count). The summed E-state index contributed by atoms with van der Waals surface area (Å²) >= 11 is 0. The molecule has 3 heteroatoms. The Morgan fingerprint density at radius 3 is 2.38 bits per heavy atom. The molecule has 13 heavy (non-hydrogen) atoms. The van der Waals surface area contributed by atoms with E-state index in [4.69, 9.17) is 9.84 Å². The zero-order chi connectivity index (χ0) is 9.90. The van der Waals surface area contributed by atoms with Gasteiger partial charge in [0.15, 0.2) is 0 Å². The van der Waals surface area contributed by atoms with Gasteiger partial charge in [0.1, 0.15) is 0 Å². The zero-order valence-electron chi connectivity index (χ0n) is 8.84. The van der Waals surface area contributed by atoms with Crippen molar-refractivity contribution in [2.75, 3.05) is 26.4 Å². The van der Waals surface area contributed by atoms with E-state index >= 15 is 0 Å². The number of rotatable bonds is 5. The van der Waals surface area contributed by atoms with Gasteiger partial charge in [-0.1, -0.05) is 20.8 Å². The van der Waals surface area contributed by atoms with Crippen LogP contribution in [0.15, 0.2) is 0 Å². The number of aliphatic hydroxyl groups excluding tert-OH is 1. The fraction of sp³-hybridized carbons (Fsp3) is 1.00. The van der Waals surface area contributed by atoms with Gasteiger partial charge in [0, 0.05) is 18.0 Å². The van der Waals surface area contributed by atoms with E-state index in [0.717, 1.165) is 19.8 Å². The standard InChI is InChI=1S/C10H21NO2/c1-8(2)9(4-12)11-5-10(3)6-13-7-10/h8-9,11-12H,4-7H2,1-3H3/t9-/m1/s1. The Morgan fingerprint density at radius 1 is 1.46 bits per heavy atom. The second-order valence-corrected chi connectivity index (χ2v) is 4.72. The van der Waals surface area contributed by atoms with Crippen LogP contribution >= 0.6 is 0 Å². The predicted molar refractivity (Wildman–Crippen MR) is 52.6 cm³/mol. The van der Waals surface area contributed by atoms with E-state index in [1.165, 1.54) is 0 Å². The lowest BCUT2D eigenvalue weighted by molar-refractivity contribution is -0.101. The van der Waals surface area contributed by atoms with Crippen LogP contribution in [-0.2, 0) is 4.74 Å². The molecular weight excluding hydrogens is 166 g/mol. The van der Waals surface area contributed by atoms with Gasteiger partial charge in [0.25, 0.3) is 0 Å². The van der Waals surface area contributed by atoms with Crippen molar-refractivity contribution in [3.05, 3.63) is 0 Å². The maximum Gasteiger partial charge on any atom is 0.0587 e. The Balaban J connectivity index is 2.23. The number of ether oxygens (including phenoxy) is 1. The van der Waals surface area contributed by atoms with Crippen LogP contribution in [0.2, 0.25) is 0 Å². The molecule has 0 unspecified atom stereocenters. The van der Waals surface area contributed by atoms with E-state index in [2.05, 4.69) is 26.1 Å². The van der Waals surface area contributed by atoms with Crippen LogP contribution in [0, 0.1) is 11.3 Å². The number of hydrogen-bond donors (Lipinski definition) is 2. The summed E-state index contributed by atoms with van der Waals surface area (Å²) in [5.74, 6) is 0.481. The van der Waals surface area contributed by atoms with Crippen LogP contribution in [0.3, 0.4) is 0 Å². The molecule has 1 aliphatic rings. The van der Waals surface area contributed by atoms with Crippen molar-refractivity contribution in [1.29, 1.82) is 0 Å². The minimum absolute atomic E-state index is 0.217. The molecule has 1 atom stereocenters. The third kappa shape index (κ3) is 2.93. The lowest BCUT2D eigenvalue weighted by Gasteiger charge is -2.39. The van der Waals surface area contributed by atoms with Crippen LogP contribution in [0.5, 0.6) is 0 Å². The van der Waals surface area contributed by atoms with Gasteiger partial charge in [-0.15, -0.1) is 0 Å². The van der Waals surface area contributed by atoms with E-state index in [1.54, 1.807) is 0 Å². The number of hydrogen-bond acceptors (Lipinski definition) is 3. The highest BCUT2D eigenvalue weighted by Gasteiger charge is 2.33. The van der Waals surface area contributed by atoms with Crippen molar-refractivity contribution in [2.24, 2.45) is 11.3 Å². The van der Waals surface area contributed by atoms with E-state index in [9.17, 15) is 0 Å². The first kappa shape index (κ1) is 11.0. The summed E-state index contributed by atoms with van der Waals surface area (Å²) in [5.41, 5.74) is 0.294. The maximum atomic E-state index is 9.09. The number of nitrogens with one attached hydrogen (secondary N) is 1. The second-order valence-electron chi connectivity index (χ2n) is 4.72. The normalized spacial score (nSPS) is 22.8. The molecule has 0 spiro atoms. The summed E-state index contributed by atoms with van der Waals surface area (Å²) < 4.78 is 5.16. The molecule has 0 radical (unpaired) electrons. The third-order valence-corrected chi connectivity index (χ3v) is 2.69. The molecule has 2 N–H and O–H groups in total. The molecule has 0 amide bonds. The summed E-state index contributed by atoms with van der Waals surface area (Å²) in [6.07, 6.45) is 0. The molecule has 1 fully saturated rings. The highest BCUT2D eigenvalue weighted by Crippen LogP contribution is 2.25. The minimum atomic E-state index is 0.217. The minimum Gasteiger partial charge on any atom is -0.395 e. The molecule has 0 saturated carbocycles. The fourth-order valence-electron chi connectivity index (χ4n) is 1.44. The lowest BCUT2D eigenvalue weighted by atomic mass is 9.88. The molecule has 0 aromatic heterocycles. The molecule has 1 aliphatic heterocycles. The molecule has 0 aromatic carbocycles. The highest BCUT2D eigenvalue weighted by molar-refractivity contribution is 4.84. The lowest BCUT2D eigenvalue weighted by Crippen LogP contribution is -2.51. The summed E-state index contributed by atoms with van der Waals surface area (Å²) in [6.45, 7) is 9.29. The highest BCUT2D eigenvalue weighted by atomic mass is 16.5. The summed E-state index contributed by atoms with van der Waals surface area (Å²) in [4.78, 5) is 0. The average Bonchev–Trinajstić information content (AvgIpc) is 2.02. The Labute approximate surface area is 80.5 Å². The molecule has 3 nitrogen and oxygen atoms in total. The Morgan fingerprint density at radius 2 is 2.08 bits per heavy atom. The van der Waals surface area contributed by atoms with Crippen molar-refractivity contribution in [2.45, 2.75) is 26.8 Å². The predicted octanol–water partition coefficient (Wildman–Crippen LogP) is 0.629. The van der Waals surface area contributed by atoms with Crippen molar-refractivity contribution >= 4 is 0 Å². The van der Waals surface area contributed by atoms with E-state index in [-0.39, 0.29) is 12.6 Å². The van der Waals surface area contributed by atoms with E-state index < -0.39 is 0 Å². The monoisotopic (exact) mass is 187 g/mol. The van der Waals surface area contributed by atoms with Crippen molar-refractivity contribution in [3.8, 4) is 0 Å². The van der Waals surface area contributed by atoms with Crippen LogP contribution < -0.4 is 5.32 Å². The molecule has 0 bridgehead atoms. The smallest absolute Gasteiger partial charge is 0.0587 e. The van der Waals surface area contributed by atoms with Crippen molar-refractivity contribution in [3.63, 3.8) is 0 Å². The van der Waals surface area contributed by atoms with Crippen molar-refractivity contribution < 1.29 is 9.84 Å². The molecule has 78 valence electrons. The average molecular weight is 187 g/mol. The van der Waals surface area contributed by atoms with Gasteiger partial charge in [-0.2, -0.15) is 0 Å². The van der Waals surface area contributed by atoms with Gasteiger partial charge in [0.2, 0.25) is 0 Å². The molecule has 0 aliphatic carbocycles. The first-order chi connectivity index (χ1) is 6.07.